The molecule has 7 nitrogen and oxygen atoms in total. The Hall–Kier alpha value is -3.09. The van der Waals surface area contributed by atoms with Gasteiger partial charge in [0, 0.05) is 36.9 Å². The smallest absolute Gasteiger partial charge is 0.329 e. The Morgan fingerprint density at radius 1 is 1.10 bits per heavy atom. The molecule has 2 aromatic rings. The van der Waals surface area contributed by atoms with E-state index >= 15 is 0 Å². The number of carbonyl (C=O) groups excluding carboxylic acids is 2. The Morgan fingerprint density at radius 3 is 2.52 bits per heavy atom. The average Bonchev–Trinajstić information content (AvgIpc) is 2.54. The Labute approximate surface area is 121 Å². The molecule has 2 heterocycles. The maximum absolute atomic E-state index is 11.5. The summed E-state index contributed by atoms with van der Waals surface area (Å²) in [7, 11) is 0. The van der Waals surface area contributed by atoms with Gasteiger partial charge in [-0.2, -0.15) is 5.10 Å². The maximum Gasteiger partial charge on any atom is 0.329 e. The van der Waals surface area contributed by atoms with Gasteiger partial charge >= 0.3 is 11.8 Å². The summed E-state index contributed by atoms with van der Waals surface area (Å²) in [4.78, 5) is 30.8. The third kappa shape index (κ3) is 4.83. The number of amides is 2. The summed E-state index contributed by atoms with van der Waals surface area (Å²) in [6.45, 7) is 0.229. The van der Waals surface area contributed by atoms with Gasteiger partial charge in [0.25, 0.3) is 0 Å². The minimum absolute atomic E-state index is 0.229. The van der Waals surface area contributed by atoms with Crippen LogP contribution in [0, 0.1) is 0 Å². The zero-order valence-electron chi connectivity index (χ0n) is 11.1. The third-order valence-electron chi connectivity index (χ3n) is 2.45. The molecule has 2 rings (SSSR count). The van der Waals surface area contributed by atoms with Crippen LogP contribution in [0.5, 0.6) is 0 Å². The average molecular weight is 283 g/mol. The van der Waals surface area contributed by atoms with Gasteiger partial charge in [0.2, 0.25) is 0 Å². The van der Waals surface area contributed by atoms with E-state index < -0.39 is 11.8 Å². The minimum Gasteiger partial charge on any atom is -0.344 e. The predicted octanol–water partition coefficient (Wildman–Crippen LogP) is 0.243. The lowest BCUT2D eigenvalue weighted by Gasteiger charge is -2.03. The van der Waals surface area contributed by atoms with Crippen LogP contribution < -0.4 is 10.7 Å². The molecule has 0 aliphatic heterocycles. The number of hydrogen-bond acceptors (Lipinski definition) is 5. The molecular formula is C14H13N5O2. The Bertz CT molecular complexity index is 628. The fourth-order valence-electron chi connectivity index (χ4n) is 1.43. The molecule has 0 radical (unpaired) electrons. The lowest BCUT2D eigenvalue weighted by Crippen LogP contribution is -2.37. The molecule has 0 spiro atoms. The highest BCUT2D eigenvalue weighted by molar-refractivity contribution is 6.35. The maximum atomic E-state index is 11.5. The van der Waals surface area contributed by atoms with Crippen LogP contribution in [-0.4, -0.2) is 28.0 Å². The van der Waals surface area contributed by atoms with Gasteiger partial charge in [-0.1, -0.05) is 12.1 Å². The Morgan fingerprint density at radius 2 is 1.86 bits per heavy atom. The molecule has 2 amide bonds. The second-order valence-corrected chi connectivity index (χ2v) is 4.03. The molecule has 0 aliphatic carbocycles. The molecule has 0 saturated carbocycles. The summed E-state index contributed by atoms with van der Waals surface area (Å²) in [5.41, 5.74) is 3.66. The van der Waals surface area contributed by atoms with Gasteiger partial charge in [-0.05, 0) is 17.7 Å². The molecule has 0 aliphatic rings. The number of carbonyl (C=O) groups is 2. The molecule has 0 atom stereocenters. The summed E-state index contributed by atoms with van der Waals surface area (Å²) >= 11 is 0. The normalized spacial score (nSPS) is 10.3. The largest absolute Gasteiger partial charge is 0.344 e. The van der Waals surface area contributed by atoms with E-state index in [9.17, 15) is 9.59 Å². The van der Waals surface area contributed by atoms with Crippen molar-refractivity contribution in [1.29, 1.82) is 0 Å². The summed E-state index contributed by atoms with van der Waals surface area (Å²) in [6, 6.07) is 7.06. The van der Waals surface area contributed by atoms with Crippen LogP contribution in [0.3, 0.4) is 0 Å². The standard InChI is InChI=1S/C14H13N5O2/c20-13(17-9-11-3-1-5-15-7-11)14(21)19-18-10-12-4-2-6-16-8-12/h1-8,10H,9H2,(H,17,20)(H,19,21). The zero-order valence-corrected chi connectivity index (χ0v) is 11.1. The third-order valence-corrected chi connectivity index (χ3v) is 2.45. The molecule has 0 unspecified atom stereocenters. The van der Waals surface area contributed by atoms with Crippen LogP contribution in [-0.2, 0) is 16.1 Å². The van der Waals surface area contributed by atoms with Crippen molar-refractivity contribution in [3.05, 3.63) is 60.2 Å². The van der Waals surface area contributed by atoms with E-state index in [-0.39, 0.29) is 6.54 Å². The van der Waals surface area contributed by atoms with Crippen LogP contribution in [0.1, 0.15) is 11.1 Å². The van der Waals surface area contributed by atoms with E-state index in [1.54, 1.807) is 49.1 Å². The molecule has 0 fully saturated rings. The van der Waals surface area contributed by atoms with Crippen LogP contribution in [0.15, 0.2) is 54.2 Å². The summed E-state index contributed by atoms with van der Waals surface area (Å²) in [5, 5.41) is 6.15. The fraction of sp³-hybridized carbons (Fsp3) is 0.0714. The van der Waals surface area contributed by atoms with E-state index in [0.29, 0.717) is 5.56 Å². The van der Waals surface area contributed by atoms with Crippen LogP contribution in [0.2, 0.25) is 0 Å². The molecule has 2 aromatic heterocycles. The molecule has 0 bridgehead atoms. The Balaban J connectivity index is 1.78. The van der Waals surface area contributed by atoms with Gasteiger partial charge in [-0.25, -0.2) is 5.43 Å². The van der Waals surface area contributed by atoms with Gasteiger partial charge in [-0.3, -0.25) is 19.6 Å². The topological polar surface area (TPSA) is 96.3 Å². The lowest BCUT2D eigenvalue weighted by molar-refractivity contribution is -0.139. The number of rotatable bonds is 4. The second-order valence-electron chi connectivity index (χ2n) is 4.03. The number of nitrogens with one attached hydrogen (secondary N) is 2. The van der Waals surface area contributed by atoms with E-state index in [0.717, 1.165) is 5.56 Å². The van der Waals surface area contributed by atoms with Crippen LogP contribution >= 0.6 is 0 Å². The van der Waals surface area contributed by atoms with E-state index in [1.807, 2.05) is 0 Å². The zero-order chi connectivity index (χ0) is 14.9. The molecule has 0 aromatic carbocycles. The summed E-state index contributed by atoms with van der Waals surface area (Å²) < 4.78 is 0. The highest BCUT2D eigenvalue weighted by Gasteiger charge is 2.11. The van der Waals surface area contributed by atoms with Crippen molar-refractivity contribution in [2.75, 3.05) is 0 Å². The number of pyridine rings is 2. The highest BCUT2D eigenvalue weighted by atomic mass is 16.2. The first-order valence-corrected chi connectivity index (χ1v) is 6.16. The van der Waals surface area contributed by atoms with Crippen molar-refractivity contribution in [2.24, 2.45) is 5.10 Å². The summed E-state index contributed by atoms with van der Waals surface area (Å²) in [6.07, 6.45) is 7.85. The first kappa shape index (κ1) is 14.3. The predicted molar refractivity (Wildman–Crippen MR) is 76.1 cm³/mol. The van der Waals surface area contributed by atoms with Gasteiger partial charge in [0.15, 0.2) is 0 Å². The molecular weight excluding hydrogens is 270 g/mol. The lowest BCUT2D eigenvalue weighted by atomic mass is 10.3. The number of hydrazone groups is 1. The molecule has 21 heavy (non-hydrogen) atoms. The van der Waals surface area contributed by atoms with Gasteiger partial charge in [-0.15, -0.1) is 0 Å². The fourth-order valence-corrected chi connectivity index (χ4v) is 1.43. The monoisotopic (exact) mass is 283 g/mol. The quantitative estimate of drug-likeness (QED) is 0.477. The second kappa shape index (κ2) is 7.49. The summed E-state index contributed by atoms with van der Waals surface area (Å²) in [5.74, 6) is -1.60. The number of aromatic nitrogens is 2. The molecule has 0 saturated heterocycles. The van der Waals surface area contributed by atoms with Crippen LogP contribution in [0.25, 0.3) is 0 Å². The Kier molecular flexibility index (Phi) is 5.11. The number of nitrogens with zero attached hydrogens (tertiary/aromatic N) is 3. The van der Waals surface area contributed by atoms with Crippen molar-refractivity contribution < 1.29 is 9.59 Å². The van der Waals surface area contributed by atoms with Gasteiger partial charge < -0.3 is 5.32 Å². The van der Waals surface area contributed by atoms with Crippen molar-refractivity contribution in [1.82, 2.24) is 20.7 Å². The molecule has 2 N–H and O–H groups in total. The minimum atomic E-state index is -0.834. The van der Waals surface area contributed by atoms with Crippen LogP contribution in [0.4, 0.5) is 0 Å². The first-order chi connectivity index (χ1) is 10.3. The van der Waals surface area contributed by atoms with E-state index in [2.05, 4.69) is 25.8 Å². The van der Waals surface area contributed by atoms with E-state index in [4.69, 9.17) is 0 Å². The molecule has 106 valence electrons. The van der Waals surface area contributed by atoms with Gasteiger partial charge in [0.1, 0.15) is 0 Å². The van der Waals surface area contributed by atoms with Gasteiger partial charge in [0.05, 0.1) is 6.21 Å². The van der Waals surface area contributed by atoms with Crippen molar-refractivity contribution >= 4 is 18.0 Å². The van der Waals surface area contributed by atoms with Crippen molar-refractivity contribution in [2.45, 2.75) is 6.54 Å². The van der Waals surface area contributed by atoms with Crippen molar-refractivity contribution in [3.8, 4) is 0 Å². The SMILES string of the molecule is O=C(NCc1cccnc1)C(=O)NN=Cc1cccnc1. The first-order valence-electron chi connectivity index (χ1n) is 6.16. The van der Waals surface area contributed by atoms with E-state index in [1.165, 1.54) is 6.21 Å². The number of hydrogen-bond donors (Lipinski definition) is 2. The molecule has 7 heteroatoms. The highest BCUT2D eigenvalue weighted by Crippen LogP contribution is 1.94. The van der Waals surface area contributed by atoms with Crippen molar-refractivity contribution in [3.63, 3.8) is 0 Å².